The zero-order valence-corrected chi connectivity index (χ0v) is 16.0. The first kappa shape index (κ1) is 17.7. The van der Waals surface area contributed by atoms with E-state index in [1.165, 1.54) is 5.56 Å². The predicted octanol–water partition coefficient (Wildman–Crippen LogP) is 3.70. The van der Waals surface area contributed by atoms with Gasteiger partial charge in [0.2, 0.25) is 11.8 Å². The number of likely N-dealkylation sites (tertiary alicyclic amines) is 1. The lowest BCUT2D eigenvalue weighted by atomic mass is 10.1. The Morgan fingerprint density at radius 2 is 1.93 bits per heavy atom. The molecule has 1 amide bonds. The number of nitrogens with one attached hydrogen (secondary N) is 1. The highest BCUT2D eigenvalue weighted by Crippen LogP contribution is 2.27. The Bertz CT molecular complexity index is 1130. The lowest BCUT2D eigenvalue weighted by molar-refractivity contribution is -0.127. The van der Waals surface area contributed by atoms with Gasteiger partial charge in [-0.25, -0.2) is 0 Å². The molecule has 4 aromatic rings. The van der Waals surface area contributed by atoms with Crippen LogP contribution in [0.1, 0.15) is 35.2 Å². The zero-order valence-electron chi connectivity index (χ0n) is 16.0. The smallest absolute Gasteiger partial charge is 0.231 e. The van der Waals surface area contributed by atoms with Gasteiger partial charge in [-0.15, -0.1) is 0 Å². The number of amides is 1. The van der Waals surface area contributed by atoms with Gasteiger partial charge in [-0.2, -0.15) is 4.98 Å². The number of carbonyl (C=O) groups excluding carboxylic acids is 1. The molecule has 1 aliphatic heterocycles. The number of aromatic nitrogens is 3. The van der Waals surface area contributed by atoms with Crippen LogP contribution in [0.25, 0.3) is 10.9 Å². The average molecular weight is 386 g/mol. The number of fused-ring (bicyclic) bond motifs is 1. The van der Waals surface area contributed by atoms with Gasteiger partial charge in [0.15, 0.2) is 5.82 Å². The quantitative estimate of drug-likeness (QED) is 0.548. The van der Waals surface area contributed by atoms with Gasteiger partial charge in [-0.3, -0.25) is 4.79 Å². The van der Waals surface area contributed by atoms with Gasteiger partial charge in [-0.1, -0.05) is 53.7 Å². The lowest BCUT2D eigenvalue weighted by Crippen LogP contribution is -2.27. The van der Waals surface area contributed by atoms with Gasteiger partial charge in [-0.05, 0) is 23.6 Å². The largest absolute Gasteiger partial charge is 0.361 e. The van der Waals surface area contributed by atoms with E-state index in [0.717, 1.165) is 29.4 Å². The number of aromatic amines is 1. The third-order valence-electron chi connectivity index (χ3n) is 5.59. The standard InChI is InChI=1S/C23H22N4O2/c28-22-13-18(15-27(22)11-10-16-6-2-1-3-7-16)23-25-21(29-26-23)12-17-14-24-20-9-5-4-8-19(17)20/h1-9,14,18,24H,10-13,15H2. The molecule has 29 heavy (non-hydrogen) atoms. The van der Waals surface area contributed by atoms with Crippen molar-refractivity contribution < 1.29 is 9.32 Å². The summed E-state index contributed by atoms with van der Waals surface area (Å²) in [7, 11) is 0. The molecular formula is C23H22N4O2. The monoisotopic (exact) mass is 386 g/mol. The van der Waals surface area contributed by atoms with E-state index >= 15 is 0 Å². The molecule has 1 atom stereocenters. The first-order chi connectivity index (χ1) is 14.3. The number of hydrogen-bond acceptors (Lipinski definition) is 4. The second-order valence-corrected chi connectivity index (χ2v) is 7.56. The van der Waals surface area contributed by atoms with Gasteiger partial charge in [0, 0.05) is 42.5 Å². The van der Waals surface area contributed by atoms with Crippen LogP contribution in [-0.4, -0.2) is 39.0 Å². The summed E-state index contributed by atoms with van der Waals surface area (Å²) in [5.41, 5.74) is 3.46. The van der Waals surface area contributed by atoms with E-state index in [1.807, 2.05) is 47.5 Å². The highest BCUT2D eigenvalue weighted by Gasteiger charge is 2.33. The molecule has 2 aromatic carbocycles. The second kappa shape index (κ2) is 7.54. The van der Waals surface area contributed by atoms with Crippen molar-refractivity contribution in [2.75, 3.05) is 13.1 Å². The SMILES string of the molecule is O=C1CC(c2noc(Cc3c[nH]c4ccccc34)n2)CN1CCc1ccccc1. The molecule has 6 heteroatoms. The number of carbonyl (C=O) groups is 1. The highest BCUT2D eigenvalue weighted by molar-refractivity contribution is 5.83. The summed E-state index contributed by atoms with van der Waals surface area (Å²) in [5.74, 6) is 1.38. The van der Waals surface area contributed by atoms with Crippen molar-refractivity contribution in [1.82, 2.24) is 20.0 Å². The Labute approximate surface area is 168 Å². The van der Waals surface area contributed by atoms with Crippen LogP contribution < -0.4 is 0 Å². The first-order valence-corrected chi connectivity index (χ1v) is 9.95. The fourth-order valence-electron chi connectivity index (χ4n) is 4.02. The topological polar surface area (TPSA) is 75.0 Å². The van der Waals surface area contributed by atoms with Crippen molar-refractivity contribution in [3.63, 3.8) is 0 Å². The van der Waals surface area contributed by atoms with Crippen LogP contribution in [0, 0.1) is 0 Å². The molecular weight excluding hydrogens is 364 g/mol. The fraction of sp³-hybridized carbons (Fsp3) is 0.261. The summed E-state index contributed by atoms with van der Waals surface area (Å²) >= 11 is 0. The van der Waals surface area contributed by atoms with Gasteiger partial charge in [0.05, 0.1) is 6.42 Å². The van der Waals surface area contributed by atoms with E-state index in [4.69, 9.17) is 4.52 Å². The van der Waals surface area contributed by atoms with Crippen molar-refractivity contribution in [2.45, 2.75) is 25.2 Å². The molecule has 1 N–H and O–H groups in total. The Balaban J connectivity index is 1.24. The summed E-state index contributed by atoms with van der Waals surface area (Å²) in [6.07, 6.45) is 3.87. The van der Waals surface area contributed by atoms with Crippen LogP contribution in [0.4, 0.5) is 0 Å². The van der Waals surface area contributed by atoms with Crippen LogP contribution in [0.5, 0.6) is 0 Å². The average Bonchev–Trinajstić information content (AvgIpc) is 3.47. The van der Waals surface area contributed by atoms with Crippen LogP contribution >= 0.6 is 0 Å². The second-order valence-electron chi connectivity index (χ2n) is 7.56. The zero-order chi connectivity index (χ0) is 19.6. The third kappa shape index (κ3) is 3.66. The number of para-hydroxylation sites is 1. The molecule has 5 rings (SSSR count). The van der Waals surface area contributed by atoms with Crippen molar-refractivity contribution in [3.05, 3.63) is 83.6 Å². The van der Waals surface area contributed by atoms with Crippen molar-refractivity contribution in [3.8, 4) is 0 Å². The molecule has 0 radical (unpaired) electrons. The fourth-order valence-corrected chi connectivity index (χ4v) is 4.02. The number of hydrogen-bond donors (Lipinski definition) is 1. The van der Waals surface area contributed by atoms with E-state index in [2.05, 4.69) is 33.3 Å². The molecule has 0 aliphatic carbocycles. The number of nitrogens with zero attached hydrogens (tertiary/aromatic N) is 3. The van der Waals surface area contributed by atoms with Crippen LogP contribution in [-0.2, 0) is 17.6 Å². The molecule has 1 unspecified atom stereocenters. The molecule has 2 aromatic heterocycles. The molecule has 1 saturated heterocycles. The van der Waals surface area contributed by atoms with E-state index in [-0.39, 0.29) is 11.8 Å². The Morgan fingerprint density at radius 3 is 2.83 bits per heavy atom. The van der Waals surface area contributed by atoms with Crippen molar-refractivity contribution in [1.29, 1.82) is 0 Å². The number of benzene rings is 2. The number of H-pyrrole nitrogens is 1. The maximum Gasteiger partial charge on any atom is 0.231 e. The summed E-state index contributed by atoms with van der Waals surface area (Å²) in [4.78, 5) is 22.2. The summed E-state index contributed by atoms with van der Waals surface area (Å²) in [5, 5.41) is 5.33. The molecule has 3 heterocycles. The molecule has 1 fully saturated rings. The molecule has 6 nitrogen and oxygen atoms in total. The van der Waals surface area contributed by atoms with E-state index in [9.17, 15) is 4.79 Å². The molecule has 146 valence electrons. The van der Waals surface area contributed by atoms with Crippen LogP contribution in [0.3, 0.4) is 0 Å². The minimum absolute atomic E-state index is 0.00116. The normalized spacial score (nSPS) is 16.8. The van der Waals surface area contributed by atoms with Gasteiger partial charge in [0.1, 0.15) is 0 Å². The summed E-state index contributed by atoms with van der Waals surface area (Å²) < 4.78 is 5.49. The molecule has 0 spiro atoms. The van der Waals surface area contributed by atoms with E-state index in [1.54, 1.807) is 0 Å². The molecule has 0 saturated carbocycles. The van der Waals surface area contributed by atoms with Crippen molar-refractivity contribution in [2.24, 2.45) is 0 Å². The third-order valence-corrected chi connectivity index (χ3v) is 5.59. The highest BCUT2D eigenvalue weighted by atomic mass is 16.5. The van der Waals surface area contributed by atoms with Crippen molar-refractivity contribution >= 4 is 16.8 Å². The van der Waals surface area contributed by atoms with Gasteiger partial charge < -0.3 is 14.4 Å². The molecule has 0 bridgehead atoms. The Hall–Kier alpha value is -3.41. The predicted molar refractivity (Wildman–Crippen MR) is 109 cm³/mol. The summed E-state index contributed by atoms with van der Waals surface area (Å²) in [6.45, 7) is 1.37. The maximum atomic E-state index is 12.4. The van der Waals surface area contributed by atoms with E-state index in [0.29, 0.717) is 31.1 Å². The Morgan fingerprint density at radius 1 is 1.10 bits per heavy atom. The lowest BCUT2D eigenvalue weighted by Gasteiger charge is -2.15. The molecule has 1 aliphatic rings. The Kier molecular flexibility index (Phi) is 4.60. The summed E-state index contributed by atoms with van der Waals surface area (Å²) in [6, 6.07) is 18.4. The number of rotatable bonds is 6. The minimum Gasteiger partial charge on any atom is -0.361 e. The van der Waals surface area contributed by atoms with Gasteiger partial charge in [0.25, 0.3) is 0 Å². The maximum absolute atomic E-state index is 12.4. The first-order valence-electron chi connectivity index (χ1n) is 9.95. The van der Waals surface area contributed by atoms with Crippen LogP contribution in [0.2, 0.25) is 0 Å². The minimum atomic E-state index is -0.00116. The van der Waals surface area contributed by atoms with Gasteiger partial charge >= 0.3 is 0 Å². The van der Waals surface area contributed by atoms with E-state index < -0.39 is 0 Å². The van der Waals surface area contributed by atoms with Crippen LogP contribution in [0.15, 0.2) is 65.3 Å².